The molecule has 0 amide bonds. The van der Waals surface area contributed by atoms with Gasteiger partial charge in [0.05, 0.1) is 42.8 Å². The molecule has 3 heterocycles. The Balaban J connectivity index is 1.90. The van der Waals surface area contributed by atoms with Crippen LogP contribution in [0, 0.1) is 6.92 Å². The summed E-state index contributed by atoms with van der Waals surface area (Å²) in [4.78, 5) is 22.9. The molecule has 0 aromatic carbocycles. The largest absolute Gasteiger partial charge is 0.462 e. The van der Waals surface area contributed by atoms with Crippen molar-refractivity contribution in [3.8, 4) is 0 Å². The summed E-state index contributed by atoms with van der Waals surface area (Å²) < 4.78 is 12.5. The maximum atomic E-state index is 11.9. The number of ether oxygens (including phenoxy) is 2. The summed E-state index contributed by atoms with van der Waals surface area (Å²) >= 11 is 0. The Kier molecular flexibility index (Phi) is 4.75. The van der Waals surface area contributed by atoms with E-state index in [-0.39, 0.29) is 6.04 Å². The first-order valence-electron chi connectivity index (χ1n) is 7.95. The summed E-state index contributed by atoms with van der Waals surface area (Å²) in [6, 6.07) is 1.95. The van der Waals surface area contributed by atoms with Crippen molar-refractivity contribution in [1.82, 2.24) is 19.7 Å². The van der Waals surface area contributed by atoms with Gasteiger partial charge in [-0.2, -0.15) is 5.10 Å². The van der Waals surface area contributed by atoms with Crippen LogP contribution >= 0.6 is 0 Å². The van der Waals surface area contributed by atoms with Gasteiger partial charge in [-0.1, -0.05) is 0 Å². The van der Waals surface area contributed by atoms with E-state index in [1.54, 1.807) is 20.0 Å². The standard InChI is InChI=1S/C16H21N5O3/c1-4-24-15(22)12-9-17-16(19-11(12)2)21-7-8-23-10-14(21)13-5-6-18-20(13)3/h5-6,9,14H,4,7-8,10H2,1-3H3. The molecule has 24 heavy (non-hydrogen) atoms. The quantitative estimate of drug-likeness (QED) is 0.780. The molecule has 0 bridgehead atoms. The van der Waals surface area contributed by atoms with Crippen LogP contribution in [-0.2, 0) is 16.5 Å². The molecule has 3 rings (SSSR count). The molecule has 0 aliphatic carbocycles. The lowest BCUT2D eigenvalue weighted by Crippen LogP contribution is -2.41. The average Bonchev–Trinajstić information content (AvgIpc) is 3.01. The minimum Gasteiger partial charge on any atom is -0.462 e. The SMILES string of the molecule is CCOC(=O)c1cnc(N2CCOCC2c2ccnn2C)nc1C. The average molecular weight is 331 g/mol. The number of anilines is 1. The highest BCUT2D eigenvalue weighted by Crippen LogP contribution is 2.27. The van der Waals surface area contributed by atoms with Gasteiger partial charge in [0.2, 0.25) is 5.95 Å². The Morgan fingerprint density at radius 2 is 2.33 bits per heavy atom. The fourth-order valence-corrected chi connectivity index (χ4v) is 2.80. The van der Waals surface area contributed by atoms with Gasteiger partial charge in [-0.05, 0) is 19.9 Å². The first-order chi connectivity index (χ1) is 11.6. The zero-order valence-electron chi connectivity index (χ0n) is 14.1. The Bertz CT molecular complexity index is 730. The van der Waals surface area contributed by atoms with Crippen LogP contribution in [0.4, 0.5) is 5.95 Å². The third kappa shape index (κ3) is 3.09. The summed E-state index contributed by atoms with van der Waals surface area (Å²) in [5, 5.41) is 4.23. The van der Waals surface area contributed by atoms with Crippen LogP contribution in [0.15, 0.2) is 18.5 Å². The Hall–Kier alpha value is -2.48. The molecule has 1 fully saturated rings. The summed E-state index contributed by atoms with van der Waals surface area (Å²) in [6.45, 7) is 5.71. The summed E-state index contributed by atoms with van der Waals surface area (Å²) in [5.74, 6) is 0.182. The fourth-order valence-electron chi connectivity index (χ4n) is 2.80. The van der Waals surface area contributed by atoms with Gasteiger partial charge in [0.25, 0.3) is 0 Å². The second kappa shape index (κ2) is 6.96. The smallest absolute Gasteiger partial charge is 0.341 e. The van der Waals surface area contributed by atoms with E-state index in [9.17, 15) is 4.79 Å². The number of aromatic nitrogens is 4. The molecule has 1 saturated heterocycles. The third-order valence-corrected chi connectivity index (χ3v) is 4.05. The molecule has 1 atom stereocenters. The van der Waals surface area contributed by atoms with Crippen LogP contribution in [-0.4, -0.2) is 52.1 Å². The van der Waals surface area contributed by atoms with E-state index in [0.29, 0.717) is 43.6 Å². The number of aryl methyl sites for hydroxylation is 2. The van der Waals surface area contributed by atoms with Crippen molar-refractivity contribution in [3.05, 3.63) is 35.4 Å². The van der Waals surface area contributed by atoms with Gasteiger partial charge in [0.15, 0.2) is 0 Å². The third-order valence-electron chi connectivity index (χ3n) is 4.05. The molecule has 0 radical (unpaired) electrons. The molecule has 2 aromatic heterocycles. The van der Waals surface area contributed by atoms with Crippen molar-refractivity contribution in [2.75, 3.05) is 31.3 Å². The summed E-state index contributed by atoms with van der Waals surface area (Å²) in [5.41, 5.74) is 2.03. The number of morpholine rings is 1. The maximum absolute atomic E-state index is 11.9. The molecular weight excluding hydrogens is 310 g/mol. The highest BCUT2D eigenvalue weighted by atomic mass is 16.5. The van der Waals surface area contributed by atoms with Gasteiger partial charge in [0, 0.05) is 26.0 Å². The monoisotopic (exact) mass is 331 g/mol. The molecule has 2 aromatic rings. The van der Waals surface area contributed by atoms with E-state index in [0.717, 1.165) is 5.69 Å². The maximum Gasteiger partial charge on any atom is 0.341 e. The molecule has 1 unspecified atom stereocenters. The zero-order valence-corrected chi connectivity index (χ0v) is 14.1. The van der Waals surface area contributed by atoms with E-state index >= 15 is 0 Å². The van der Waals surface area contributed by atoms with Crippen LogP contribution in [0.25, 0.3) is 0 Å². The molecule has 0 N–H and O–H groups in total. The second-order valence-electron chi connectivity index (χ2n) is 5.55. The molecule has 0 saturated carbocycles. The van der Waals surface area contributed by atoms with Crippen LogP contribution < -0.4 is 4.90 Å². The van der Waals surface area contributed by atoms with Gasteiger partial charge in [0.1, 0.15) is 0 Å². The van der Waals surface area contributed by atoms with Crippen LogP contribution in [0.3, 0.4) is 0 Å². The number of nitrogens with zero attached hydrogens (tertiary/aromatic N) is 5. The molecule has 128 valence electrons. The Labute approximate surface area is 140 Å². The highest BCUT2D eigenvalue weighted by Gasteiger charge is 2.29. The first kappa shape index (κ1) is 16.4. The van der Waals surface area contributed by atoms with Gasteiger partial charge in [-0.15, -0.1) is 0 Å². The van der Waals surface area contributed by atoms with Crippen molar-refractivity contribution in [2.45, 2.75) is 19.9 Å². The lowest BCUT2D eigenvalue weighted by molar-refractivity contribution is 0.0524. The summed E-state index contributed by atoms with van der Waals surface area (Å²) in [7, 11) is 1.90. The van der Waals surface area contributed by atoms with Crippen molar-refractivity contribution in [1.29, 1.82) is 0 Å². The molecule has 8 heteroatoms. The van der Waals surface area contributed by atoms with E-state index in [2.05, 4.69) is 20.0 Å². The minimum absolute atomic E-state index is 0.0147. The highest BCUT2D eigenvalue weighted by molar-refractivity contribution is 5.90. The number of hydrogen-bond donors (Lipinski definition) is 0. The van der Waals surface area contributed by atoms with Crippen LogP contribution in [0.1, 0.15) is 34.7 Å². The number of esters is 1. The molecule has 0 spiro atoms. The Morgan fingerprint density at radius 1 is 1.50 bits per heavy atom. The number of carbonyl (C=O) groups is 1. The van der Waals surface area contributed by atoms with Gasteiger partial charge >= 0.3 is 5.97 Å². The van der Waals surface area contributed by atoms with Gasteiger partial charge < -0.3 is 14.4 Å². The number of hydrogen-bond acceptors (Lipinski definition) is 7. The van der Waals surface area contributed by atoms with E-state index in [4.69, 9.17) is 9.47 Å². The molecular formula is C16H21N5O3. The van der Waals surface area contributed by atoms with Crippen LogP contribution in [0.5, 0.6) is 0 Å². The van der Waals surface area contributed by atoms with Crippen molar-refractivity contribution in [3.63, 3.8) is 0 Å². The predicted octanol–water partition coefficient (Wildman–Crippen LogP) is 1.27. The second-order valence-corrected chi connectivity index (χ2v) is 5.55. The van der Waals surface area contributed by atoms with E-state index in [1.165, 1.54) is 6.20 Å². The molecule has 8 nitrogen and oxygen atoms in total. The zero-order chi connectivity index (χ0) is 17.1. The van der Waals surface area contributed by atoms with E-state index < -0.39 is 5.97 Å². The van der Waals surface area contributed by atoms with Crippen molar-refractivity contribution < 1.29 is 14.3 Å². The number of rotatable bonds is 4. The minimum atomic E-state index is -0.397. The topological polar surface area (TPSA) is 82.4 Å². The van der Waals surface area contributed by atoms with Gasteiger partial charge in [-0.25, -0.2) is 14.8 Å². The van der Waals surface area contributed by atoms with E-state index in [1.807, 2.05) is 17.8 Å². The molecule has 1 aliphatic rings. The predicted molar refractivity (Wildman–Crippen MR) is 86.8 cm³/mol. The lowest BCUT2D eigenvalue weighted by atomic mass is 10.1. The summed E-state index contributed by atoms with van der Waals surface area (Å²) in [6.07, 6.45) is 3.30. The van der Waals surface area contributed by atoms with Gasteiger partial charge in [-0.3, -0.25) is 4.68 Å². The van der Waals surface area contributed by atoms with Crippen LogP contribution in [0.2, 0.25) is 0 Å². The molecule has 1 aliphatic heterocycles. The first-order valence-corrected chi connectivity index (χ1v) is 7.95. The Morgan fingerprint density at radius 3 is 3.00 bits per heavy atom. The van der Waals surface area contributed by atoms with Crippen molar-refractivity contribution >= 4 is 11.9 Å². The lowest BCUT2D eigenvalue weighted by Gasteiger charge is -2.35. The number of carbonyl (C=O) groups excluding carboxylic acids is 1. The normalized spacial score (nSPS) is 17.8. The van der Waals surface area contributed by atoms with Crippen molar-refractivity contribution in [2.24, 2.45) is 7.05 Å². The fraction of sp³-hybridized carbons (Fsp3) is 0.500.